The topological polar surface area (TPSA) is 77.3 Å². The number of rotatable bonds is 7. The maximum Gasteiger partial charge on any atom is 0.358 e. The number of amides is 1. The molecule has 4 rings (SSSR count). The zero-order valence-corrected chi connectivity index (χ0v) is 18.2. The molecule has 0 aliphatic rings. The number of nitrogens with zero attached hydrogens (tertiary/aromatic N) is 4. The van der Waals surface area contributed by atoms with Crippen LogP contribution in [0, 0.1) is 0 Å². The van der Waals surface area contributed by atoms with Crippen LogP contribution in [0.25, 0.3) is 16.9 Å². The largest absolute Gasteiger partial charge is 0.464 e. The predicted octanol–water partition coefficient (Wildman–Crippen LogP) is 4.62. The monoisotopic (exact) mass is 444 g/mol. The molecule has 0 spiro atoms. The SMILES string of the molecule is C=CCN(C(=O)c1cc(C(=O)OC)nn1-c1ccccc1)c1nc(-c2ccccc2)cs1. The van der Waals surface area contributed by atoms with Crippen molar-refractivity contribution >= 4 is 28.3 Å². The summed E-state index contributed by atoms with van der Waals surface area (Å²) in [5, 5.41) is 6.74. The molecule has 0 atom stereocenters. The number of methoxy groups -OCH3 is 1. The van der Waals surface area contributed by atoms with Crippen LogP contribution in [0.15, 0.2) is 84.8 Å². The Bertz CT molecular complexity index is 1250. The summed E-state index contributed by atoms with van der Waals surface area (Å²) in [6, 6.07) is 20.3. The van der Waals surface area contributed by atoms with Crippen LogP contribution < -0.4 is 4.90 Å². The molecular weight excluding hydrogens is 424 g/mol. The van der Waals surface area contributed by atoms with Gasteiger partial charge in [0.15, 0.2) is 10.8 Å². The van der Waals surface area contributed by atoms with Crippen LogP contribution in [0.5, 0.6) is 0 Å². The van der Waals surface area contributed by atoms with E-state index in [2.05, 4.69) is 16.7 Å². The maximum absolute atomic E-state index is 13.6. The van der Waals surface area contributed by atoms with Crippen molar-refractivity contribution in [1.82, 2.24) is 14.8 Å². The Kier molecular flexibility index (Phi) is 6.23. The van der Waals surface area contributed by atoms with Crippen LogP contribution in [0.4, 0.5) is 5.13 Å². The van der Waals surface area contributed by atoms with E-state index in [9.17, 15) is 9.59 Å². The molecule has 4 aromatic rings. The molecule has 160 valence electrons. The van der Waals surface area contributed by atoms with Gasteiger partial charge in [-0.15, -0.1) is 17.9 Å². The van der Waals surface area contributed by atoms with E-state index in [0.717, 1.165) is 11.3 Å². The van der Waals surface area contributed by atoms with Gasteiger partial charge in [-0.1, -0.05) is 54.6 Å². The van der Waals surface area contributed by atoms with Gasteiger partial charge in [-0.25, -0.2) is 14.5 Å². The molecule has 0 fully saturated rings. The molecular formula is C24H20N4O3S. The molecule has 0 saturated carbocycles. The smallest absolute Gasteiger partial charge is 0.358 e. The van der Waals surface area contributed by atoms with Gasteiger partial charge in [-0.05, 0) is 12.1 Å². The molecule has 0 unspecified atom stereocenters. The summed E-state index contributed by atoms with van der Waals surface area (Å²) >= 11 is 1.36. The average molecular weight is 445 g/mol. The number of carbonyl (C=O) groups excluding carboxylic acids is 2. The molecule has 2 heterocycles. The molecule has 0 N–H and O–H groups in total. The highest BCUT2D eigenvalue weighted by Gasteiger charge is 2.27. The number of thiazole rings is 1. The summed E-state index contributed by atoms with van der Waals surface area (Å²) < 4.78 is 6.24. The zero-order valence-electron chi connectivity index (χ0n) is 17.3. The minimum absolute atomic E-state index is 0.0439. The van der Waals surface area contributed by atoms with E-state index in [1.165, 1.54) is 34.1 Å². The first-order valence-electron chi connectivity index (χ1n) is 9.80. The first-order chi connectivity index (χ1) is 15.6. The van der Waals surface area contributed by atoms with E-state index in [1.54, 1.807) is 18.2 Å². The van der Waals surface area contributed by atoms with Gasteiger partial charge in [0.25, 0.3) is 5.91 Å². The summed E-state index contributed by atoms with van der Waals surface area (Å²) in [7, 11) is 1.27. The van der Waals surface area contributed by atoms with E-state index in [1.807, 2.05) is 53.9 Å². The molecule has 0 radical (unpaired) electrons. The number of hydrogen-bond acceptors (Lipinski definition) is 6. The summed E-state index contributed by atoms with van der Waals surface area (Å²) in [6.45, 7) is 4.02. The molecule has 1 amide bonds. The molecule has 32 heavy (non-hydrogen) atoms. The fourth-order valence-corrected chi connectivity index (χ4v) is 3.99. The van der Waals surface area contributed by atoms with Crippen LogP contribution in [0.1, 0.15) is 21.0 Å². The Hall–Kier alpha value is -4.04. The van der Waals surface area contributed by atoms with Crippen LogP contribution in [-0.2, 0) is 4.74 Å². The molecule has 0 aliphatic carbocycles. The number of benzene rings is 2. The van der Waals surface area contributed by atoms with Crippen molar-refractivity contribution in [2.24, 2.45) is 0 Å². The highest BCUT2D eigenvalue weighted by atomic mass is 32.1. The number of para-hydroxylation sites is 1. The number of anilines is 1. The molecule has 2 aromatic heterocycles. The standard InChI is InChI=1S/C24H20N4O3S/c1-3-14-27(24-25-20(16-32-24)17-10-6-4-7-11-17)22(29)21-15-19(23(30)31-2)26-28(21)18-12-8-5-9-13-18/h3-13,15-16H,1,14H2,2H3. The van der Waals surface area contributed by atoms with Crippen LogP contribution in [0.3, 0.4) is 0 Å². The zero-order chi connectivity index (χ0) is 22.5. The van der Waals surface area contributed by atoms with Gasteiger partial charge in [0.2, 0.25) is 0 Å². The third-order valence-corrected chi connectivity index (χ3v) is 5.54. The normalized spacial score (nSPS) is 10.5. The fraction of sp³-hybridized carbons (Fsp3) is 0.0833. The van der Waals surface area contributed by atoms with Gasteiger partial charge < -0.3 is 4.74 Å². The highest BCUT2D eigenvalue weighted by Crippen LogP contribution is 2.29. The van der Waals surface area contributed by atoms with E-state index in [-0.39, 0.29) is 23.8 Å². The molecule has 0 aliphatic heterocycles. The minimum Gasteiger partial charge on any atom is -0.464 e. The van der Waals surface area contributed by atoms with Gasteiger partial charge in [-0.2, -0.15) is 5.10 Å². The molecule has 0 bridgehead atoms. The summed E-state index contributed by atoms with van der Waals surface area (Å²) in [5.74, 6) is -0.977. The predicted molar refractivity (Wildman–Crippen MR) is 124 cm³/mol. The third-order valence-electron chi connectivity index (χ3n) is 4.67. The second-order valence-corrected chi connectivity index (χ2v) is 7.58. The van der Waals surface area contributed by atoms with Crippen molar-refractivity contribution in [2.75, 3.05) is 18.6 Å². The second kappa shape index (κ2) is 9.40. The van der Waals surface area contributed by atoms with E-state index < -0.39 is 5.97 Å². The third kappa shape index (κ3) is 4.21. The first-order valence-corrected chi connectivity index (χ1v) is 10.7. The van der Waals surface area contributed by atoms with Crippen LogP contribution >= 0.6 is 11.3 Å². The summed E-state index contributed by atoms with van der Waals surface area (Å²) in [6.07, 6.45) is 1.63. The summed E-state index contributed by atoms with van der Waals surface area (Å²) in [4.78, 5) is 31.9. The average Bonchev–Trinajstić information content (AvgIpc) is 3.51. The van der Waals surface area contributed by atoms with Crippen molar-refractivity contribution in [3.05, 3.63) is 96.2 Å². The van der Waals surface area contributed by atoms with Crippen molar-refractivity contribution in [2.45, 2.75) is 0 Å². The van der Waals surface area contributed by atoms with Gasteiger partial charge in [-0.3, -0.25) is 9.69 Å². The summed E-state index contributed by atoms with van der Waals surface area (Å²) in [5.41, 5.74) is 2.65. The number of esters is 1. The Morgan fingerprint density at radius 1 is 1.12 bits per heavy atom. The Morgan fingerprint density at radius 2 is 1.81 bits per heavy atom. The van der Waals surface area contributed by atoms with E-state index in [0.29, 0.717) is 10.8 Å². The van der Waals surface area contributed by atoms with Crippen molar-refractivity contribution in [1.29, 1.82) is 0 Å². The van der Waals surface area contributed by atoms with E-state index >= 15 is 0 Å². The quantitative estimate of drug-likeness (QED) is 0.307. The Morgan fingerprint density at radius 3 is 2.47 bits per heavy atom. The van der Waals surface area contributed by atoms with Crippen LogP contribution in [-0.4, -0.2) is 40.3 Å². The first kappa shape index (κ1) is 21.2. The lowest BCUT2D eigenvalue weighted by Crippen LogP contribution is -2.32. The van der Waals surface area contributed by atoms with Gasteiger partial charge >= 0.3 is 5.97 Å². The fourth-order valence-electron chi connectivity index (χ4n) is 3.15. The highest BCUT2D eigenvalue weighted by molar-refractivity contribution is 7.14. The molecule has 0 saturated heterocycles. The maximum atomic E-state index is 13.6. The van der Waals surface area contributed by atoms with Gasteiger partial charge in [0.05, 0.1) is 18.5 Å². The lowest BCUT2D eigenvalue weighted by molar-refractivity contribution is 0.0593. The Labute approximate surface area is 189 Å². The van der Waals surface area contributed by atoms with Crippen molar-refractivity contribution in [3.63, 3.8) is 0 Å². The second-order valence-electron chi connectivity index (χ2n) is 6.74. The molecule has 2 aromatic carbocycles. The number of aromatic nitrogens is 3. The number of carbonyl (C=O) groups is 2. The minimum atomic E-state index is -0.621. The number of ether oxygens (including phenoxy) is 1. The van der Waals surface area contributed by atoms with E-state index in [4.69, 9.17) is 4.74 Å². The van der Waals surface area contributed by atoms with Gasteiger partial charge in [0, 0.05) is 23.6 Å². The van der Waals surface area contributed by atoms with Gasteiger partial charge in [0.1, 0.15) is 5.69 Å². The Balaban J connectivity index is 1.76. The van der Waals surface area contributed by atoms with Crippen molar-refractivity contribution < 1.29 is 14.3 Å². The molecule has 8 heteroatoms. The lowest BCUT2D eigenvalue weighted by Gasteiger charge is -2.18. The van der Waals surface area contributed by atoms with Crippen molar-refractivity contribution in [3.8, 4) is 16.9 Å². The van der Waals surface area contributed by atoms with Crippen LogP contribution in [0.2, 0.25) is 0 Å². The number of hydrogen-bond donors (Lipinski definition) is 0. The lowest BCUT2D eigenvalue weighted by atomic mass is 10.2. The molecule has 7 nitrogen and oxygen atoms in total.